The van der Waals surface area contributed by atoms with Crippen LogP contribution in [0.1, 0.15) is 31.2 Å². The zero-order valence-corrected chi connectivity index (χ0v) is 9.95. The highest BCUT2D eigenvalue weighted by atomic mass is 16.3. The van der Waals surface area contributed by atoms with Gasteiger partial charge in [0.05, 0.1) is 18.2 Å². The predicted molar refractivity (Wildman–Crippen MR) is 67.6 cm³/mol. The summed E-state index contributed by atoms with van der Waals surface area (Å²) in [5, 5.41) is 21.7. The van der Waals surface area contributed by atoms with Gasteiger partial charge in [0.25, 0.3) is 0 Å². The molecular weight excluding hydrogens is 212 g/mol. The third-order valence-corrected chi connectivity index (χ3v) is 3.66. The average Bonchev–Trinajstić information content (AvgIpc) is 2.86. The van der Waals surface area contributed by atoms with Crippen LogP contribution in [-0.2, 0) is 0 Å². The summed E-state index contributed by atoms with van der Waals surface area (Å²) in [6.07, 6.45) is 4.60. The van der Waals surface area contributed by atoms with E-state index < -0.39 is 0 Å². The first-order valence-electron chi connectivity index (χ1n) is 6.13. The Balaban J connectivity index is 1.99. The second-order valence-corrected chi connectivity index (χ2v) is 4.91. The Bertz CT molecular complexity index is 416. The third kappa shape index (κ3) is 2.78. The molecule has 1 aliphatic rings. The molecule has 0 unspecified atom stereocenters. The molecule has 2 rings (SSSR count). The Morgan fingerprint density at radius 1 is 1.35 bits per heavy atom. The zero-order chi connectivity index (χ0) is 12.1. The van der Waals surface area contributed by atoms with E-state index in [9.17, 15) is 5.11 Å². The number of nitriles is 1. The lowest BCUT2D eigenvalue weighted by atomic mass is 9.87. The predicted octanol–water partition coefficient (Wildman–Crippen LogP) is 2.52. The van der Waals surface area contributed by atoms with Crippen molar-refractivity contribution in [3.63, 3.8) is 0 Å². The van der Waals surface area contributed by atoms with E-state index in [2.05, 4.69) is 11.4 Å². The van der Waals surface area contributed by atoms with Crippen LogP contribution in [0.5, 0.6) is 0 Å². The number of anilines is 1. The van der Waals surface area contributed by atoms with E-state index >= 15 is 0 Å². The second-order valence-electron chi connectivity index (χ2n) is 4.91. The van der Waals surface area contributed by atoms with Crippen LogP contribution in [0.25, 0.3) is 0 Å². The van der Waals surface area contributed by atoms with E-state index in [-0.39, 0.29) is 12.0 Å². The molecule has 0 heterocycles. The smallest absolute Gasteiger partial charge is 0.0992 e. The molecule has 90 valence electrons. The standard InChI is InChI=1S/C14H18N2O/c15-9-12-4-3-5-13(8-12)16-10-14(11-17)6-1-2-7-14/h3-5,8,16-17H,1-2,6-7,10-11H2. The van der Waals surface area contributed by atoms with Gasteiger partial charge in [-0.3, -0.25) is 0 Å². The molecule has 0 atom stereocenters. The van der Waals surface area contributed by atoms with Crippen molar-refractivity contribution in [2.45, 2.75) is 25.7 Å². The van der Waals surface area contributed by atoms with Crippen molar-refractivity contribution in [3.05, 3.63) is 29.8 Å². The fraction of sp³-hybridized carbons (Fsp3) is 0.500. The molecule has 0 radical (unpaired) electrons. The number of hydrogen-bond donors (Lipinski definition) is 2. The van der Waals surface area contributed by atoms with Gasteiger partial charge in [0.2, 0.25) is 0 Å². The highest BCUT2D eigenvalue weighted by molar-refractivity contribution is 5.49. The van der Waals surface area contributed by atoms with Crippen molar-refractivity contribution < 1.29 is 5.11 Å². The molecule has 0 aromatic heterocycles. The first-order chi connectivity index (χ1) is 8.28. The van der Waals surface area contributed by atoms with Crippen LogP contribution < -0.4 is 5.32 Å². The molecule has 1 aromatic carbocycles. The molecule has 2 N–H and O–H groups in total. The number of aliphatic hydroxyl groups excluding tert-OH is 1. The molecule has 0 saturated heterocycles. The van der Waals surface area contributed by atoms with E-state index in [0.717, 1.165) is 25.1 Å². The van der Waals surface area contributed by atoms with Crippen molar-refractivity contribution in [3.8, 4) is 6.07 Å². The second kappa shape index (κ2) is 5.20. The summed E-state index contributed by atoms with van der Waals surface area (Å²) in [5.41, 5.74) is 1.67. The molecule has 1 fully saturated rings. The summed E-state index contributed by atoms with van der Waals surface area (Å²) in [5.74, 6) is 0. The molecule has 1 aromatic rings. The number of rotatable bonds is 4. The van der Waals surface area contributed by atoms with Crippen molar-refractivity contribution in [1.82, 2.24) is 0 Å². The first kappa shape index (κ1) is 11.9. The van der Waals surface area contributed by atoms with Gasteiger partial charge in [-0.2, -0.15) is 5.26 Å². The van der Waals surface area contributed by atoms with Crippen molar-refractivity contribution >= 4 is 5.69 Å². The SMILES string of the molecule is N#Cc1cccc(NCC2(CO)CCCC2)c1. The van der Waals surface area contributed by atoms with E-state index in [1.54, 1.807) is 6.07 Å². The Morgan fingerprint density at radius 2 is 2.12 bits per heavy atom. The minimum atomic E-state index is 0.0443. The van der Waals surface area contributed by atoms with E-state index in [1.165, 1.54) is 12.8 Å². The van der Waals surface area contributed by atoms with Gasteiger partial charge in [0.15, 0.2) is 0 Å². The number of nitrogens with zero attached hydrogens (tertiary/aromatic N) is 1. The lowest BCUT2D eigenvalue weighted by Crippen LogP contribution is -2.30. The van der Waals surface area contributed by atoms with Crippen LogP contribution in [-0.4, -0.2) is 18.3 Å². The number of aliphatic hydroxyl groups is 1. The summed E-state index contributed by atoms with van der Waals surface area (Å²) in [7, 11) is 0. The minimum absolute atomic E-state index is 0.0443. The maximum atomic E-state index is 9.50. The van der Waals surface area contributed by atoms with Gasteiger partial charge in [-0.05, 0) is 31.0 Å². The van der Waals surface area contributed by atoms with Crippen LogP contribution in [0.4, 0.5) is 5.69 Å². The van der Waals surface area contributed by atoms with Crippen LogP contribution in [0.3, 0.4) is 0 Å². The Hall–Kier alpha value is -1.53. The van der Waals surface area contributed by atoms with Crippen LogP contribution in [0.15, 0.2) is 24.3 Å². The average molecular weight is 230 g/mol. The van der Waals surface area contributed by atoms with Crippen molar-refractivity contribution in [2.75, 3.05) is 18.5 Å². The molecule has 0 aliphatic heterocycles. The topological polar surface area (TPSA) is 56.0 Å². The zero-order valence-electron chi connectivity index (χ0n) is 9.95. The molecule has 3 heteroatoms. The van der Waals surface area contributed by atoms with Gasteiger partial charge in [0, 0.05) is 17.6 Å². The fourth-order valence-electron chi connectivity index (χ4n) is 2.50. The largest absolute Gasteiger partial charge is 0.396 e. The lowest BCUT2D eigenvalue weighted by Gasteiger charge is -2.27. The number of nitrogens with one attached hydrogen (secondary N) is 1. The van der Waals surface area contributed by atoms with E-state index in [1.807, 2.05) is 18.2 Å². The van der Waals surface area contributed by atoms with E-state index in [4.69, 9.17) is 5.26 Å². The molecular formula is C14H18N2O. The number of hydrogen-bond acceptors (Lipinski definition) is 3. The maximum Gasteiger partial charge on any atom is 0.0992 e. The normalized spacial score (nSPS) is 17.6. The quantitative estimate of drug-likeness (QED) is 0.835. The van der Waals surface area contributed by atoms with Crippen LogP contribution >= 0.6 is 0 Å². The summed E-state index contributed by atoms with van der Waals surface area (Å²) in [4.78, 5) is 0. The van der Waals surface area contributed by atoms with Gasteiger partial charge < -0.3 is 10.4 Å². The van der Waals surface area contributed by atoms with Gasteiger partial charge in [-0.25, -0.2) is 0 Å². The summed E-state index contributed by atoms with van der Waals surface area (Å²) >= 11 is 0. The van der Waals surface area contributed by atoms with Crippen LogP contribution in [0.2, 0.25) is 0 Å². The monoisotopic (exact) mass is 230 g/mol. The molecule has 3 nitrogen and oxygen atoms in total. The Morgan fingerprint density at radius 3 is 2.76 bits per heavy atom. The number of benzene rings is 1. The van der Waals surface area contributed by atoms with Crippen molar-refractivity contribution in [2.24, 2.45) is 5.41 Å². The molecule has 0 bridgehead atoms. The highest BCUT2D eigenvalue weighted by Crippen LogP contribution is 2.37. The fourth-order valence-corrected chi connectivity index (χ4v) is 2.50. The van der Waals surface area contributed by atoms with Gasteiger partial charge in [-0.15, -0.1) is 0 Å². The van der Waals surface area contributed by atoms with Crippen LogP contribution in [0, 0.1) is 16.7 Å². The summed E-state index contributed by atoms with van der Waals surface area (Å²) in [6.45, 7) is 1.04. The molecule has 1 saturated carbocycles. The highest BCUT2D eigenvalue weighted by Gasteiger charge is 2.32. The van der Waals surface area contributed by atoms with Gasteiger partial charge in [0.1, 0.15) is 0 Å². The van der Waals surface area contributed by atoms with Gasteiger partial charge >= 0.3 is 0 Å². The van der Waals surface area contributed by atoms with E-state index in [0.29, 0.717) is 5.56 Å². The lowest BCUT2D eigenvalue weighted by molar-refractivity contribution is 0.142. The maximum absolute atomic E-state index is 9.50. The Kier molecular flexibility index (Phi) is 3.65. The Labute approximate surface area is 102 Å². The third-order valence-electron chi connectivity index (χ3n) is 3.66. The molecule has 0 amide bonds. The van der Waals surface area contributed by atoms with Gasteiger partial charge in [-0.1, -0.05) is 18.9 Å². The summed E-state index contributed by atoms with van der Waals surface area (Å²) in [6, 6.07) is 9.61. The van der Waals surface area contributed by atoms with Crippen molar-refractivity contribution in [1.29, 1.82) is 5.26 Å². The molecule has 0 spiro atoms. The molecule has 17 heavy (non-hydrogen) atoms. The molecule has 1 aliphatic carbocycles. The first-order valence-corrected chi connectivity index (χ1v) is 6.13. The summed E-state index contributed by atoms with van der Waals surface area (Å²) < 4.78 is 0. The minimum Gasteiger partial charge on any atom is -0.396 e.